The third kappa shape index (κ3) is 11.0. The van der Waals surface area contributed by atoms with Crippen LogP contribution in [-0.4, -0.2) is 79.0 Å². The van der Waals surface area contributed by atoms with E-state index in [2.05, 4.69) is 65.4 Å². The number of unbranched alkanes of at least 4 members (excludes halogenated alkanes) is 2. The van der Waals surface area contributed by atoms with E-state index in [4.69, 9.17) is 29.3 Å². The minimum Gasteiger partial charge on any atom is -0.474 e. The first-order chi connectivity index (χ1) is 18.5. The Balaban J connectivity index is 0.000000221. The van der Waals surface area contributed by atoms with E-state index in [0.717, 1.165) is 89.6 Å². The normalized spacial score (nSPS) is 14.2. The molecular weight excluding hydrogens is 532 g/mol. The Hall–Kier alpha value is -3.26. The van der Waals surface area contributed by atoms with Crippen molar-refractivity contribution in [3.8, 4) is 11.8 Å². The predicted octanol–water partition coefficient (Wildman–Crippen LogP) is 4.12. The zero-order chi connectivity index (χ0) is 27.6. The van der Waals surface area contributed by atoms with Crippen LogP contribution >= 0.6 is 23.5 Å². The zero-order valence-corrected chi connectivity index (χ0v) is 23.5. The van der Waals surface area contributed by atoms with Crippen molar-refractivity contribution in [2.45, 2.75) is 52.4 Å². The number of carbonyl (C=O) groups is 2. The lowest BCUT2D eigenvalue weighted by molar-refractivity contribution is -0.159. The van der Waals surface area contributed by atoms with E-state index in [1.54, 1.807) is 0 Å². The Morgan fingerprint density at radius 1 is 0.763 bits per heavy atom. The lowest BCUT2D eigenvalue weighted by Gasteiger charge is -2.23. The van der Waals surface area contributed by atoms with E-state index in [1.165, 1.54) is 23.5 Å². The molecule has 4 rings (SSSR count). The Morgan fingerprint density at radius 2 is 1.18 bits per heavy atom. The third-order valence-corrected chi connectivity index (χ3v) is 6.26. The maximum Gasteiger partial charge on any atom is 0.414 e. The van der Waals surface area contributed by atoms with Crippen LogP contribution in [0.2, 0.25) is 0 Å². The average Bonchev–Trinajstić information content (AvgIpc) is 3.61. The molecule has 0 aliphatic carbocycles. The first-order valence-corrected chi connectivity index (χ1v) is 14.1. The van der Waals surface area contributed by atoms with E-state index < -0.39 is 11.9 Å². The summed E-state index contributed by atoms with van der Waals surface area (Å²) in [4.78, 5) is 22.6. The molecule has 2 aromatic heterocycles. The molecule has 12 nitrogen and oxygen atoms in total. The Kier molecular flexibility index (Phi) is 14.7. The van der Waals surface area contributed by atoms with Gasteiger partial charge in [-0.15, -0.1) is 8.75 Å². The van der Waals surface area contributed by atoms with Gasteiger partial charge in [0.25, 0.3) is 11.8 Å². The van der Waals surface area contributed by atoms with Crippen LogP contribution in [0.1, 0.15) is 52.4 Å². The fraction of sp³-hybridized carbons (Fsp3) is 0.583. The predicted molar refractivity (Wildman–Crippen MR) is 148 cm³/mol. The summed E-state index contributed by atoms with van der Waals surface area (Å²) >= 11 is 2.45. The standard InChI is InChI=1S/2C11H17N3OS.C2H2O4/c2*1-2-3-9-15-11-10(12-16-13-11)14-7-5-4-6-8-14;3-1(4)2(5)6/h2*4-5H,2-3,6-9H2,1H3;(H,3,4)(H,5,6). The molecule has 0 saturated carbocycles. The van der Waals surface area contributed by atoms with Crippen molar-refractivity contribution in [3.05, 3.63) is 24.3 Å². The minimum atomic E-state index is -1.82. The Labute approximate surface area is 231 Å². The van der Waals surface area contributed by atoms with E-state index >= 15 is 0 Å². The number of hydrogen-bond acceptors (Lipinski definition) is 12. The molecule has 0 radical (unpaired) electrons. The lowest BCUT2D eigenvalue weighted by atomic mass is 10.2. The summed E-state index contributed by atoms with van der Waals surface area (Å²) in [5.41, 5.74) is 0. The second-order valence-electron chi connectivity index (χ2n) is 8.21. The number of aliphatic carboxylic acids is 2. The number of rotatable bonds is 10. The van der Waals surface area contributed by atoms with Crippen LogP contribution in [0.25, 0.3) is 0 Å². The van der Waals surface area contributed by atoms with Crippen LogP contribution in [0, 0.1) is 0 Å². The van der Waals surface area contributed by atoms with Gasteiger partial charge in [-0.3, -0.25) is 0 Å². The molecule has 0 spiro atoms. The molecule has 14 heteroatoms. The topological polar surface area (TPSA) is 151 Å². The number of nitrogens with zero attached hydrogens (tertiary/aromatic N) is 6. The molecule has 0 amide bonds. The summed E-state index contributed by atoms with van der Waals surface area (Å²) in [7, 11) is 0. The van der Waals surface area contributed by atoms with Gasteiger partial charge in [0, 0.05) is 26.2 Å². The van der Waals surface area contributed by atoms with E-state index in [1.807, 2.05) is 0 Å². The number of hydrogen-bond donors (Lipinski definition) is 2. The van der Waals surface area contributed by atoms with Gasteiger partial charge >= 0.3 is 11.9 Å². The molecule has 0 bridgehead atoms. The summed E-state index contributed by atoms with van der Waals surface area (Å²) in [5, 5.41) is 14.8. The highest BCUT2D eigenvalue weighted by atomic mass is 32.1. The van der Waals surface area contributed by atoms with Crippen molar-refractivity contribution in [2.75, 3.05) is 49.2 Å². The van der Waals surface area contributed by atoms with Crippen molar-refractivity contribution < 1.29 is 29.3 Å². The highest BCUT2D eigenvalue weighted by Crippen LogP contribution is 2.28. The van der Waals surface area contributed by atoms with Crippen molar-refractivity contribution in [1.29, 1.82) is 0 Å². The number of ether oxygens (including phenoxy) is 2. The Morgan fingerprint density at radius 3 is 1.50 bits per heavy atom. The van der Waals surface area contributed by atoms with Gasteiger partial charge in [-0.2, -0.15) is 8.75 Å². The number of anilines is 2. The smallest absolute Gasteiger partial charge is 0.414 e. The van der Waals surface area contributed by atoms with E-state index in [9.17, 15) is 0 Å². The summed E-state index contributed by atoms with van der Waals surface area (Å²) in [6.07, 6.45) is 15.3. The van der Waals surface area contributed by atoms with Crippen molar-refractivity contribution in [3.63, 3.8) is 0 Å². The third-order valence-electron chi connectivity index (χ3n) is 5.26. The van der Waals surface area contributed by atoms with E-state index in [0.29, 0.717) is 11.8 Å². The van der Waals surface area contributed by atoms with Crippen molar-refractivity contribution in [1.82, 2.24) is 17.5 Å². The van der Waals surface area contributed by atoms with Crippen LogP contribution < -0.4 is 19.3 Å². The largest absolute Gasteiger partial charge is 0.474 e. The van der Waals surface area contributed by atoms with Gasteiger partial charge in [-0.1, -0.05) is 51.0 Å². The van der Waals surface area contributed by atoms with Gasteiger partial charge in [0.05, 0.1) is 36.7 Å². The monoisotopic (exact) mass is 568 g/mol. The van der Waals surface area contributed by atoms with Crippen LogP contribution in [0.3, 0.4) is 0 Å². The van der Waals surface area contributed by atoms with Gasteiger partial charge in [-0.25, -0.2) is 9.59 Å². The van der Waals surface area contributed by atoms with Crippen LogP contribution in [0.5, 0.6) is 11.8 Å². The molecule has 2 aromatic rings. The van der Waals surface area contributed by atoms with Gasteiger partial charge in [0.15, 0.2) is 0 Å². The highest BCUT2D eigenvalue weighted by molar-refractivity contribution is 6.99. The fourth-order valence-electron chi connectivity index (χ4n) is 3.21. The SMILES string of the molecule is CCCCOc1nsnc1N1CC=CCC1.CCCCOc1nsnc1N1CC=CCC1.O=C(O)C(=O)O. The van der Waals surface area contributed by atoms with Gasteiger partial charge in [-0.05, 0) is 25.7 Å². The molecule has 4 heterocycles. The summed E-state index contributed by atoms with van der Waals surface area (Å²) in [5.74, 6) is -0.427. The number of carboxylic acid groups (broad SMARTS) is 2. The molecule has 0 unspecified atom stereocenters. The molecule has 2 aliphatic heterocycles. The van der Waals surface area contributed by atoms with Crippen molar-refractivity contribution >= 4 is 47.0 Å². The maximum atomic E-state index is 9.10. The molecule has 2 aliphatic rings. The van der Waals surface area contributed by atoms with Crippen LogP contribution in [0.15, 0.2) is 24.3 Å². The van der Waals surface area contributed by atoms with Gasteiger partial charge in [0.2, 0.25) is 11.6 Å². The molecule has 0 aromatic carbocycles. The summed E-state index contributed by atoms with van der Waals surface area (Å²) < 4.78 is 28.3. The van der Waals surface area contributed by atoms with Crippen LogP contribution in [-0.2, 0) is 9.59 Å². The Bertz CT molecular complexity index is 947. The first kappa shape index (κ1) is 31.0. The highest BCUT2D eigenvalue weighted by Gasteiger charge is 2.18. The van der Waals surface area contributed by atoms with E-state index in [-0.39, 0.29) is 0 Å². The summed E-state index contributed by atoms with van der Waals surface area (Å²) in [6.45, 7) is 9.61. The summed E-state index contributed by atoms with van der Waals surface area (Å²) in [6, 6.07) is 0. The zero-order valence-electron chi connectivity index (χ0n) is 21.8. The average molecular weight is 569 g/mol. The molecule has 210 valence electrons. The molecule has 0 atom stereocenters. The minimum absolute atomic E-state index is 0.703. The lowest BCUT2D eigenvalue weighted by Crippen LogP contribution is -2.27. The second-order valence-corrected chi connectivity index (χ2v) is 9.27. The molecule has 0 saturated heterocycles. The molecule has 38 heavy (non-hydrogen) atoms. The van der Waals surface area contributed by atoms with Gasteiger partial charge < -0.3 is 29.5 Å². The number of aromatic nitrogens is 4. The number of carboxylic acids is 2. The quantitative estimate of drug-likeness (QED) is 0.241. The van der Waals surface area contributed by atoms with Crippen molar-refractivity contribution in [2.24, 2.45) is 0 Å². The van der Waals surface area contributed by atoms with Gasteiger partial charge in [0.1, 0.15) is 0 Å². The van der Waals surface area contributed by atoms with Crippen LogP contribution in [0.4, 0.5) is 11.6 Å². The fourth-order valence-corrected chi connectivity index (χ4v) is 4.25. The second kappa shape index (κ2) is 18.1. The molecular formula is C24H36N6O6S2. The maximum absolute atomic E-state index is 9.10. The molecule has 2 N–H and O–H groups in total. The molecule has 0 fully saturated rings. The first-order valence-electron chi connectivity index (χ1n) is 12.6.